The monoisotopic (exact) mass is 356 g/mol. The summed E-state index contributed by atoms with van der Waals surface area (Å²) in [6, 6.07) is 6.17. The minimum absolute atomic E-state index is 0.108. The van der Waals surface area contributed by atoms with Crippen LogP contribution in [0.5, 0.6) is 0 Å². The van der Waals surface area contributed by atoms with E-state index in [0.29, 0.717) is 11.0 Å². The molecule has 4 heteroatoms. The molecule has 2 aliphatic rings. The predicted octanol–water partition coefficient (Wildman–Crippen LogP) is 3.95. The maximum absolute atomic E-state index is 12.0. The molecule has 1 aromatic rings. The summed E-state index contributed by atoms with van der Waals surface area (Å²) in [6.07, 6.45) is 5.47. The molecular weight excluding hydrogens is 324 g/mol. The Bertz CT molecular complexity index is 713. The van der Waals surface area contributed by atoms with E-state index in [1.165, 1.54) is 11.1 Å². The number of hydrogen-bond acceptors (Lipinski definition) is 3. The van der Waals surface area contributed by atoms with E-state index in [1.807, 2.05) is 6.07 Å². The van der Waals surface area contributed by atoms with Gasteiger partial charge in [0.15, 0.2) is 0 Å². The van der Waals surface area contributed by atoms with Crippen molar-refractivity contribution in [2.24, 2.45) is 11.1 Å². The number of carbonyl (C=O) groups is 1. The second-order valence-corrected chi connectivity index (χ2v) is 8.88. The van der Waals surface area contributed by atoms with Crippen molar-refractivity contribution in [2.45, 2.75) is 52.5 Å². The van der Waals surface area contributed by atoms with Crippen molar-refractivity contribution in [2.75, 3.05) is 26.3 Å². The van der Waals surface area contributed by atoms with Crippen LogP contribution in [0.2, 0.25) is 0 Å². The lowest BCUT2D eigenvalue weighted by atomic mass is 9.76. The van der Waals surface area contributed by atoms with E-state index in [1.54, 1.807) is 0 Å². The fraction of sp³-hybridized carbons (Fsp3) is 0.591. The zero-order valence-electron chi connectivity index (χ0n) is 16.6. The molecule has 0 radical (unpaired) electrons. The van der Waals surface area contributed by atoms with Crippen molar-refractivity contribution in [3.05, 3.63) is 41.0 Å². The van der Waals surface area contributed by atoms with Gasteiger partial charge in [-0.3, -0.25) is 9.69 Å². The maximum Gasteiger partial charge on any atom is 0.249 e. The fourth-order valence-electron chi connectivity index (χ4n) is 4.03. The number of benzene rings is 1. The molecule has 3 rings (SSSR count). The number of nitrogens with two attached hydrogens (primary N) is 1. The molecule has 0 saturated carbocycles. The summed E-state index contributed by atoms with van der Waals surface area (Å²) in [5.41, 5.74) is 10.1. The van der Waals surface area contributed by atoms with Gasteiger partial charge in [0.25, 0.3) is 0 Å². The molecule has 1 aromatic carbocycles. The smallest absolute Gasteiger partial charge is 0.249 e. The number of allylic oxidation sites excluding steroid dienone is 2. The number of ether oxygens (including phenoxy) is 1. The van der Waals surface area contributed by atoms with Gasteiger partial charge < -0.3 is 10.5 Å². The Hall–Kier alpha value is -1.65. The highest BCUT2D eigenvalue weighted by atomic mass is 16.5. The first-order valence-electron chi connectivity index (χ1n) is 9.67. The van der Waals surface area contributed by atoms with Crippen molar-refractivity contribution < 1.29 is 9.53 Å². The average Bonchev–Trinajstić information content (AvgIpc) is 2.62. The molecule has 1 amide bonds. The van der Waals surface area contributed by atoms with Crippen LogP contribution in [0.1, 0.15) is 68.4 Å². The summed E-state index contributed by atoms with van der Waals surface area (Å²) in [5, 5.41) is 0. The van der Waals surface area contributed by atoms with Gasteiger partial charge in [-0.1, -0.05) is 26.0 Å². The fourth-order valence-corrected chi connectivity index (χ4v) is 4.03. The van der Waals surface area contributed by atoms with E-state index >= 15 is 0 Å². The van der Waals surface area contributed by atoms with E-state index in [2.05, 4.69) is 50.8 Å². The molecule has 26 heavy (non-hydrogen) atoms. The average molecular weight is 357 g/mol. The molecule has 0 spiro atoms. The van der Waals surface area contributed by atoms with Crippen molar-refractivity contribution in [1.82, 2.24) is 4.90 Å². The zero-order chi connectivity index (χ0) is 18.9. The van der Waals surface area contributed by atoms with E-state index in [-0.39, 0.29) is 11.4 Å². The second-order valence-electron chi connectivity index (χ2n) is 8.88. The Morgan fingerprint density at radius 1 is 1.23 bits per heavy atom. The number of morpholine rings is 1. The Morgan fingerprint density at radius 3 is 2.50 bits per heavy atom. The Kier molecular flexibility index (Phi) is 5.27. The first-order chi connectivity index (χ1) is 12.2. The molecule has 0 unspecified atom stereocenters. The van der Waals surface area contributed by atoms with Gasteiger partial charge in [0, 0.05) is 24.2 Å². The minimum atomic E-state index is -0.346. The number of rotatable bonds is 4. The first kappa shape index (κ1) is 19.1. The van der Waals surface area contributed by atoms with Gasteiger partial charge in [0.05, 0.1) is 13.2 Å². The van der Waals surface area contributed by atoms with Crippen LogP contribution in [-0.2, 0) is 10.3 Å². The SMILES string of the molecule is CC1(C)CC=C(c2cc(C(C)(C)N3CCOCC3)ccc2C(N)=O)CC1. The number of amides is 1. The molecule has 1 saturated heterocycles. The van der Waals surface area contributed by atoms with Crippen LogP contribution in [0, 0.1) is 5.41 Å². The van der Waals surface area contributed by atoms with Crippen LogP contribution in [0.25, 0.3) is 5.57 Å². The maximum atomic E-state index is 12.0. The molecule has 1 aliphatic carbocycles. The largest absolute Gasteiger partial charge is 0.379 e. The summed E-state index contributed by atoms with van der Waals surface area (Å²) >= 11 is 0. The summed E-state index contributed by atoms with van der Waals surface area (Å²) in [5.74, 6) is -0.346. The van der Waals surface area contributed by atoms with Gasteiger partial charge >= 0.3 is 0 Å². The molecule has 0 atom stereocenters. The topological polar surface area (TPSA) is 55.6 Å². The highest BCUT2D eigenvalue weighted by molar-refractivity contribution is 5.98. The summed E-state index contributed by atoms with van der Waals surface area (Å²) < 4.78 is 5.51. The Morgan fingerprint density at radius 2 is 1.92 bits per heavy atom. The lowest BCUT2D eigenvalue weighted by Gasteiger charge is -2.41. The molecule has 0 bridgehead atoms. The number of carbonyl (C=O) groups excluding carboxylic acids is 1. The van der Waals surface area contributed by atoms with E-state index < -0.39 is 0 Å². The van der Waals surface area contributed by atoms with Gasteiger partial charge in [-0.25, -0.2) is 0 Å². The van der Waals surface area contributed by atoms with Crippen LogP contribution < -0.4 is 5.73 Å². The summed E-state index contributed by atoms with van der Waals surface area (Å²) in [4.78, 5) is 14.5. The van der Waals surface area contributed by atoms with E-state index in [0.717, 1.165) is 51.1 Å². The van der Waals surface area contributed by atoms with Gasteiger partial charge in [-0.2, -0.15) is 0 Å². The third-order valence-electron chi connectivity index (χ3n) is 6.11. The molecule has 1 fully saturated rings. The lowest BCUT2D eigenvalue weighted by Crippen LogP contribution is -2.48. The van der Waals surface area contributed by atoms with Crippen LogP contribution in [0.15, 0.2) is 24.3 Å². The Labute approximate surface area is 157 Å². The lowest BCUT2D eigenvalue weighted by molar-refractivity contribution is -0.0118. The van der Waals surface area contributed by atoms with Gasteiger partial charge in [-0.15, -0.1) is 0 Å². The van der Waals surface area contributed by atoms with Crippen LogP contribution in [0.3, 0.4) is 0 Å². The highest BCUT2D eigenvalue weighted by Crippen LogP contribution is 2.40. The number of hydrogen-bond donors (Lipinski definition) is 1. The van der Waals surface area contributed by atoms with Crippen LogP contribution in [0.4, 0.5) is 0 Å². The number of primary amides is 1. The van der Waals surface area contributed by atoms with E-state index in [4.69, 9.17) is 10.5 Å². The van der Waals surface area contributed by atoms with Gasteiger partial charge in [0.2, 0.25) is 5.91 Å². The minimum Gasteiger partial charge on any atom is -0.379 e. The van der Waals surface area contributed by atoms with Crippen molar-refractivity contribution >= 4 is 11.5 Å². The third kappa shape index (κ3) is 3.86. The summed E-state index contributed by atoms with van der Waals surface area (Å²) in [7, 11) is 0. The molecule has 0 aromatic heterocycles. The van der Waals surface area contributed by atoms with Gasteiger partial charge in [-0.05, 0) is 67.4 Å². The zero-order valence-corrected chi connectivity index (χ0v) is 16.6. The molecule has 1 heterocycles. The van der Waals surface area contributed by atoms with Gasteiger partial charge in [0.1, 0.15) is 0 Å². The van der Waals surface area contributed by atoms with Crippen LogP contribution in [-0.4, -0.2) is 37.1 Å². The molecular formula is C22H32N2O2. The predicted molar refractivity (Wildman–Crippen MR) is 106 cm³/mol. The molecule has 2 N–H and O–H groups in total. The third-order valence-corrected chi connectivity index (χ3v) is 6.11. The van der Waals surface area contributed by atoms with E-state index in [9.17, 15) is 4.79 Å². The molecule has 1 aliphatic heterocycles. The Balaban J connectivity index is 1.99. The normalized spacial score (nSPS) is 21.3. The molecule has 142 valence electrons. The van der Waals surface area contributed by atoms with Crippen LogP contribution >= 0.6 is 0 Å². The first-order valence-corrected chi connectivity index (χ1v) is 9.67. The molecule has 4 nitrogen and oxygen atoms in total. The second kappa shape index (κ2) is 7.16. The standard InChI is InChI=1S/C22H32N2O2/c1-21(2)9-7-16(8-10-21)19-15-17(5-6-18(19)20(23)25)22(3,4)24-11-13-26-14-12-24/h5-7,15H,8-14H2,1-4H3,(H2,23,25). The van der Waals surface area contributed by atoms with Crippen molar-refractivity contribution in [3.8, 4) is 0 Å². The quantitative estimate of drug-likeness (QED) is 0.889. The van der Waals surface area contributed by atoms with Crippen molar-refractivity contribution in [1.29, 1.82) is 0 Å². The highest BCUT2D eigenvalue weighted by Gasteiger charge is 2.31. The number of nitrogens with zero attached hydrogens (tertiary/aromatic N) is 1. The summed E-state index contributed by atoms with van der Waals surface area (Å²) in [6.45, 7) is 12.5. The van der Waals surface area contributed by atoms with Crippen molar-refractivity contribution in [3.63, 3.8) is 0 Å².